The highest BCUT2D eigenvalue weighted by Crippen LogP contribution is 2.23. The Kier molecular flexibility index (Phi) is 6.33. The lowest BCUT2D eigenvalue weighted by molar-refractivity contribution is -0.134. The first-order valence-electron chi connectivity index (χ1n) is 9.96. The third-order valence-corrected chi connectivity index (χ3v) is 5.91. The van der Waals surface area contributed by atoms with E-state index in [1.807, 2.05) is 29.2 Å². The second-order valence-corrected chi connectivity index (χ2v) is 7.93. The topological polar surface area (TPSA) is 36.0 Å². The molecular formula is C22H25ClFN3O2. The van der Waals surface area contributed by atoms with E-state index in [4.69, 9.17) is 16.3 Å². The molecule has 0 radical (unpaired) electrons. The van der Waals surface area contributed by atoms with Gasteiger partial charge in [0.2, 0.25) is 5.91 Å². The lowest BCUT2D eigenvalue weighted by Crippen LogP contribution is -2.51. The Bertz CT molecular complexity index is 851. The number of fused-ring (bicyclic) bond motifs is 1. The molecular weight excluding hydrogens is 393 g/mol. The maximum absolute atomic E-state index is 14.0. The molecule has 154 valence electrons. The van der Waals surface area contributed by atoms with Crippen LogP contribution in [0.15, 0.2) is 42.5 Å². The zero-order valence-corrected chi connectivity index (χ0v) is 17.1. The summed E-state index contributed by atoms with van der Waals surface area (Å²) in [6, 6.07) is 12.7. The number of nitrogens with zero attached hydrogens (tertiary/aromatic N) is 3. The molecule has 7 heteroatoms. The number of amides is 1. The van der Waals surface area contributed by atoms with E-state index >= 15 is 0 Å². The quantitative estimate of drug-likeness (QED) is 0.766. The summed E-state index contributed by atoms with van der Waals surface area (Å²) in [5, 5.41) is 0.451. The lowest BCUT2D eigenvalue weighted by Gasteiger charge is -2.35. The smallest absolute Gasteiger partial charge is 0.236 e. The van der Waals surface area contributed by atoms with Crippen molar-refractivity contribution in [3.8, 4) is 5.75 Å². The molecule has 5 nitrogen and oxygen atoms in total. The van der Waals surface area contributed by atoms with Crippen molar-refractivity contribution in [2.45, 2.75) is 13.1 Å². The van der Waals surface area contributed by atoms with E-state index in [2.05, 4.69) is 9.80 Å². The fraction of sp³-hybridized carbons (Fsp3) is 0.409. The molecule has 0 aliphatic carbocycles. The van der Waals surface area contributed by atoms with Crippen molar-refractivity contribution in [3.05, 3.63) is 64.4 Å². The van der Waals surface area contributed by atoms with Crippen LogP contribution in [0.1, 0.15) is 11.1 Å². The van der Waals surface area contributed by atoms with Crippen LogP contribution in [-0.2, 0) is 17.9 Å². The Hall–Kier alpha value is -2.15. The van der Waals surface area contributed by atoms with Crippen LogP contribution in [0.5, 0.6) is 5.75 Å². The molecule has 1 amide bonds. The predicted octanol–water partition coefficient (Wildman–Crippen LogP) is 3.02. The number of piperazine rings is 1. The van der Waals surface area contributed by atoms with Crippen LogP contribution in [0.4, 0.5) is 4.39 Å². The minimum absolute atomic E-state index is 0.132. The first-order chi connectivity index (χ1) is 14.1. The fourth-order valence-electron chi connectivity index (χ4n) is 3.87. The Morgan fingerprint density at radius 3 is 2.59 bits per heavy atom. The van der Waals surface area contributed by atoms with Crippen LogP contribution in [0.3, 0.4) is 0 Å². The van der Waals surface area contributed by atoms with Gasteiger partial charge in [-0.1, -0.05) is 35.9 Å². The molecule has 2 aromatic rings. The van der Waals surface area contributed by atoms with Gasteiger partial charge >= 0.3 is 0 Å². The van der Waals surface area contributed by atoms with Crippen LogP contribution in [0.2, 0.25) is 5.02 Å². The van der Waals surface area contributed by atoms with Gasteiger partial charge in [0.15, 0.2) is 0 Å². The lowest BCUT2D eigenvalue weighted by atomic mass is 10.1. The second-order valence-electron chi connectivity index (χ2n) is 7.52. The summed E-state index contributed by atoms with van der Waals surface area (Å²) in [5.74, 6) is 0.760. The van der Waals surface area contributed by atoms with E-state index in [1.54, 1.807) is 12.1 Å². The zero-order valence-electron chi connectivity index (χ0n) is 16.3. The molecule has 2 aromatic carbocycles. The molecule has 1 fully saturated rings. The maximum atomic E-state index is 14.0. The predicted molar refractivity (Wildman–Crippen MR) is 110 cm³/mol. The van der Waals surface area contributed by atoms with Gasteiger partial charge in [0.1, 0.15) is 18.2 Å². The maximum Gasteiger partial charge on any atom is 0.236 e. The molecule has 4 rings (SSSR count). The molecule has 2 aliphatic rings. The third kappa shape index (κ3) is 4.89. The minimum atomic E-state index is -0.278. The second kappa shape index (κ2) is 9.11. The third-order valence-electron chi connectivity index (χ3n) is 5.56. The summed E-state index contributed by atoms with van der Waals surface area (Å²) in [4.78, 5) is 19.0. The van der Waals surface area contributed by atoms with Gasteiger partial charge < -0.3 is 9.64 Å². The molecule has 0 spiro atoms. The number of rotatable bonds is 4. The number of ether oxygens (including phenoxy) is 1. The highest BCUT2D eigenvalue weighted by molar-refractivity contribution is 6.31. The number of carbonyl (C=O) groups excluding carboxylic acids is 1. The minimum Gasteiger partial charge on any atom is -0.492 e. The van der Waals surface area contributed by atoms with Crippen molar-refractivity contribution in [1.82, 2.24) is 14.7 Å². The summed E-state index contributed by atoms with van der Waals surface area (Å²) >= 11 is 6.14. The van der Waals surface area contributed by atoms with E-state index in [0.29, 0.717) is 63.0 Å². The molecule has 0 unspecified atom stereocenters. The van der Waals surface area contributed by atoms with E-state index < -0.39 is 0 Å². The molecule has 0 aromatic heterocycles. The van der Waals surface area contributed by atoms with Gasteiger partial charge in [0.25, 0.3) is 0 Å². The van der Waals surface area contributed by atoms with Gasteiger partial charge in [-0.3, -0.25) is 14.6 Å². The Morgan fingerprint density at radius 2 is 1.79 bits per heavy atom. The van der Waals surface area contributed by atoms with E-state index in [0.717, 1.165) is 17.9 Å². The first kappa shape index (κ1) is 20.1. The summed E-state index contributed by atoms with van der Waals surface area (Å²) < 4.78 is 19.8. The van der Waals surface area contributed by atoms with E-state index in [-0.39, 0.29) is 11.7 Å². The summed E-state index contributed by atoms with van der Waals surface area (Å²) in [6.07, 6.45) is 0. The number of hydrogen-bond acceptors (Lipinski definition) is 4. The standard InChI is InChI=1S/C22H25ClFN3O2/c23-19-5-3-6-20(24)18(19)15-25-8-10-27(11-9-25)22(28)16-26-12-13-29-21-7-2-1-4-17(21)14-26/h1-7H,8-16H2. The monoisotopic (exact) mass is 417 g/mol. The normalized spacial score (nSPS) is 18.1. The Morgan fingerprint density at radius 1 is 1.00 bits per heavy atom. The van der Waals surface area contributed by atoms with Crippen LogP contribution in [0, 0.1) is 5.82 Å². The molecule has 0 saturated carbocycles. The van der Waals surface area contributed by atoms with Gasteiger partial charge in [-0.25, -0.2) is 4.39 Å². The molecule has 0 N–H and O–H groups in total. The molecule has 2 aliphatic heterocycles. The highest BCUT2D eigenvalue weighted by Gasteiger charge is 2.25. The van der Waals surface area contributed by atoms with Gasteiger partial charge in [0, 0.05) is 62.0 Å². The molecule has 1 saturated heterocycles. The number of hydrogen-bond donors (Lipinski definition) is 0. The molecule has 0 atom stereocenters. The highest BCUT2D eigenvalue weighted by atomic mass is 35.5. The van der Waals surface area contributed by atoms with Crippen LogP contribution in [0.25, 0.3) is 0 Å². The average molecular weight is 418 g/mol. The van der Waals surface area contributed by atoms with Gasteiger partial charge in [0.05, 0.1) is 6.54 Å². The van der Waals surface area contributed by atoms with Crippen molar-refractivity contribution < 1.29 is 13.9 Å². The van der Waals surface area contributed by atoms with Crippen LogP contribution in [-0.4, -0.2) is 66.5 Å². The van der Waals surface area contributed by atoms with E-state index in [9.17, 15) is 9.18 Å². The van der Waals surface area contributed by atoms with Gasteiger partial charge in [-0.2, -0.15) is 0 Å². The molecule has 29 heavy (non-hydrogen) atoms. The Labute approximate surface area is 175 Å². The van der Waals surface area contributed by atoms with Crippen molar-refractivity contribution in [2.75, 3.05) is 45.9 Å². The number of carbonyl (C=O) groups is 1. The zero-order chi connectivity index (χ0) is 20.2. The first-order valence-corrected chi connectivity index (χ1v) is 10.3. The van der Waals surface area contributed by atoms with E-state index in [1.165, 1.54) is 6.07 Å². The van der Waals surface area contributed by atoms with Gasteiger partial charge in [-0.05, 0) is 18.2 Å². The Balaban J connectivity index is 1.29. The van der Waals surface area contributed by atoms with Crippen molar-refractivity contribution in [2.24, 2.45) is 0 Å². The summed E-state index contributed by atoms with van der Waals surface area (Å²) in [6.45, 7) is 5.59. The summed E-state index contributed by atoms with van der Waals surface area (Å²) in [7, 11) is 0. The SMILES string of the molecule is O=C(CN1CCOc2ccccc2C1)N1CCN(Cc2c(F)cccc2Cl)CC1. The van der Waals surface area contributed by atoms with Crippen LogP contribution >= 0.6 is 11.6 Å². The van der Waals surface area contributed by atoms with Crippen molar-refractivity contribution >= 4 is 17.5 Å². The van der Waals surface area contributed by atoms with Gasteiger partial charge in [-0.15, -0.1) is 0 Å². The largest absolute Gasteiger partial charge is 0.492 e. The summed E-state index contributed by atoms with van der Waals surface area (Å²) in [5.41, 5.74) is 1.64. The van der Waals surface area contributed by atoms with Crippen LogP contribution < -0.4 is 4.74 Å². The average Bonchev–Trinajstić information content (AvgIpc) is 2.93. The number of halogens is 2. The fourth-order valence-corrected chi connectivity index (χ4v) is 4.09. The van der Waals surface area contributed by atoms with Crippen molar-refractivity contribution in [1.29, 1.82) is 0 Å². The number of para-hydroxylation sites is 1. The van der Waals surface area contributed by atoms with Crippen molar-refractivity contribution in [3.63, 3.8) is 0 Å². The molecule has 2 heterocycles. The number of benzene rings is 2. The molecule has 0 bridgehead atoms.